The summed E-state index contributed by atoms with van der Waals surface area (Å²) < 4.78 is 8.02. The topological polar surface area (TPSA) is 73.1 Å². The molecule has 2 unspecified atom stereocenters. The summed E-state index contributed by atoms with van der Waals surface area (Å²) in [5, 5.41) is 4.67. The predicted octanol–water partition coefficient (Wildman–Crippen LogP) is 3.94. The smallest absolute Gasteiger partial charge is 0.233 e. The number of nitrogens with zero attached hydrogens (tertiary/aromatic N) is 5. The summed E-state index contributed by atoms with van der Waals surface area (Å²) in [5.41, 5.74) is 2.14. The molecule has 1 saturated carbocycles. The third-order valence-electron chi connectivity index (χ3n) is 6.15. The van der Waals surface area contributed by atoms with E-state index in [1.165, 1.54) is 18.5 Å². The van der Waals surface area contributed by atoms with E-state index < -0.39 is 0 Å². The number of carbonyl (C=O) groups excluding carboxylic acids is 1. The Morgan fingerprint density at radius 3 is 2.91 bits per heavy atom. The Balaban J connectivity index is 1.23. The highest BCUT2D eigenvalue weighted by Gasteiger charge is 2.33. The van der Waals surface area contributed by atoms with Crippen molar-refractivity contribution in [2.24, 2.45) is 5.92 Å². The highest BCUT2D eigenvalue weighted by atomic mass is 16.5. The van der Waals surface area contributed by atoms with Gasteiger partial charge in [0.2, 0.25) is 11.8 Å². The molecule has 2 aromatic rings. The van der Waals surface area contributed by atoms with Crippen LogP contribution in [0.3, 0.4) is 0 Å². The van der Waals surface area contributed by atoms with Crippen LogP contribution >= 0.6 is 0 Å². The van der Waals surface area contributed by atoms with Gasteiger partial charge in [0.1, 0.15) is 11.6 Å². The lowest BCUT2D eigenvalue weighted by Gasteiger charge is -2.26. The molecule has 1 fully saturated rings. The number of ether oxygens (including phenoxy) is 1. The van der Waals surface area contributed by atoms with Crippen LogP contribution in [0.2, 0.25) is 0 Å². The SMILES string of the molecule is CCCc1nccc(OC2=CC3C=CN(C(=O)Cc4cc(C5CC5)n(CC)n4)C3C=C2)n1. The van der Waals surface area contributed by atoms with Crippen molar-refractivity contribution in [3.05, 3.63) is 71.8 Å². The number of hydrogen-bond donors (Lipinski definition) is 0. The third-order valence-corrected chi connectivity index (χ3v) is 6.15. The van der Waals surface area contributed by atoms with Gasteiger partial charge in [-0.25, -0.2) is 4.98 Å². The van der Waals surface area contributed by atoms with E-state index >= 15 is 0 Å². The van der Waals surface area contributed by atoms with Gasteiger partial charge in [0.25, 0.3) is 0 Å². The molecule has 0 saturated heterocycles. The third kappa shape index (κ3) is 4.24. The van der Waals surface area contributed by atoms with Crippen LogP contribution < -0.4 is 4.74 Å². The molecular formula is C25H29N5O2. The molecule has 0 N–H and O–H groups in total. The number of hydrogen-bond acceptors (Lipinski definition) is 5. The van der Waals surface area contributed by atoms with Crippen molar-refractivity contribution in [1.82, 2.24) is 24.6 Å². The van der Waals surface area contributed by atoms with Gasteiger partial charge in [-0.05, 0) is 44.4 Å². The van der Waals surface area contributed by atoms with Crippen molar-refractivity contribution in [3.8, 4) is 5.88 Å². The average Bonchev–Trinajstić information content (AvgIpc) is 3.42. The van der Waals surface area contributed by atoms with Gasteiger partial charge in [-0.3, -0.25) is 9.48 Å². The van der Waals surface area contributed by atoms with E-state index in [4.69, 9.17) is 4.74 Å². The fraction of sp³-hybridized carbons (Fsp3) is 0.440. The molecule has 3 heterocycles. The second-order valence-electron chi connectivity index (χ2n) is 8.63. The first-order valence-corrected chi connectivity index (χ1v) is 11.6. The number of fused-ring (bicyclic) bond motifs is 1. The Morgan fingerprint density at radius 1 is 1.25 bits per heavy atom. The summed E-state index contributed by atoms with van der Waals surface area (Å²) in [7, 11) is 0. The van der Waals surface area contributed by atoms with Crippen LogP contribution in [0.15, 0.2) is 54.6 Å². The van der Waals surface area contributed by atoms with Gasteiger partial charge in [-0.2, -0.15) is 10.1 Å². The zero-order chi connectivity index (χ0) is 22.1. The van der Waals surface area contributed by atoms with Crippen LogP contribution in [0.4, 0.5) is 0 Å². The molecule has 3 aliphatic rings. The number of aromatic nitrogens is 4. The fourth-order valence-corrected chi connectivity index (χ4v) is 4.40. The lowest BCUT2D eigenvalue weighted by molar-refractivity contribution is -0.128. The van der Waals surface area contributed by atoms with E-state index in [0.717, 1.165) is 36.7 Å². The second-order valence-corrected chi connectivity index (χ2v) is 8.63. The van der Waals surface area contributed by atoms with Crippen molar-refractivity contribution in [2.75, 3.05) is 0 Å². The van der Waals surface area contributed by atoms with E-state index in [0.29, 0.717) is 18.2 Å². The van der Waals surface area contributed by atoms with Crippen molar-refractivity contribution < 1.29 is 9.53 Å². The van der Waals surface area contributed by atoms with Gasteiger partial charge in [0, 0.05) is 49.0 Å². The lowest BCUT2D eigenvalue weighted by atomic mass is 9.96. The van der Waals surface area contributed by atoms with Gasteiger partial charge in [0.15, 0.2) is 0 Å². The number of aryl methyl sites for hydroxylation is 2. The minimum Gasteiger partial charge on any atom is -0.439 e. The molecule has 1 aliphatic heterocycles. The summed E-state index contributed by atoms with van der Waals surface area (Å²) in [6.45, 7) is 5.05. The summed E-state index contributed by atoms with van der Waals surface area (Å²) in [5.74, 6) is 2.86. The maximum atomic E-state index is 13.1. The monoisotopic (exact) mass is 431 g/mol. The average molecular weight is 432 g/mol. The van der Waals surface area contributed by atoms with Crippen LogP contribution in [0.1, 0.15) is 56.2 Å². The summed E-state index contributed by atoms with van der Waals surface area (Å²) in [6, 6.07) is 3.87. The van der Waals surface area contributed by atoms with E-state index in [-0.39, 0.29) is 17.9 Å². The van der Waals surface area contributed by atoms with E-state index in [2.05, 4.69) is 45.7 Å². The zero-order valence-corrected chi connectivity index (χ0v) is 18.6. The number of amides is 1. The maximum Gasteiger partial charge on any atom is 0.233 e. The molecule has 2 aromatic heterocycles. The van der Waals surface area contributed by atoms with Crippen molar-refractivity contribution in [2.45, 2.75) is 64.5 Å². The number of carbonyl (C=O) groups is 1. The number of allylic oxidation sites excluding steroid dienone is 1. The van der Waals surface area contributed by atoms with Crippen LogP contribution in [0.25, 0.3) is 0 Å². The molecule has 1 amide bonds. The van der Waals surface area contributed by atoms with Gasteiger partial charge < -0.3 is 9.64 Å². The molecule has 7 heteroatoms. The van der Waals surface area contributed by atoms with Gasteiger partial charge in [-0.1, -0.05) is 19.1 Å². The predicted molar refractivity (Wildman–Crippen MR) is 121 cm³/mol. The Labute approximate surface area is 188 Å². The maximum absolute atomic E-state index is 13.1. The molecule has 166 valence electrons. The van der Waals surface area contributed by atoms with Crippen LogP contribution in [-0.4, -0.2) is 36.6 Å². The Morgan fingerprint density at radius 2 is 2.12 bits per heavy atom. The molecule has 2 atom stereocenters. The molecule has 5 rings (SSSR count). The first kappa shape index (κ1) is 20.7. The van der Waals surface area contributed by atoms with Crippen molar-refractivity contribution in [3.63, 3.8) is 0 Å². The molecule has 32 heavy (non-hydrogen) atoms. The first-order valence-electron chi connectivity index (χ1n) is 11.6. The molecule has 0 aromatic carbocycles. The van der Waals surface area contributed by atoms with Crippen LogP contribution in [0, 0.1) is 5.92 Å². The minimum atomic E-state index is -0.0212. The summed E-state index contributed by atoms with van der Waals surface area (Å²) in [4.78, 5) is 23.6. The van der Waals surface area contributed by atoms with Crippen molar-refractivity contribution >= 4 is 5.91 Å². The Bertz CT molecular complexity index is 1100. The zero-order valence-electron chi connectivity index (χ0n) is 18.6. The summed E-state index contributed by atoms with van der Waals surface area (Å²) >= 11 is 0. The minimum absolute atomic E-state index is 0.0212. The summed E-state index contributed by atoms with van der Waals surface area (Å²) in [6.07, 6.45) is 16.3. The molecule has 0 bridgehead atoms. The molecule has 0 spiro atoms. The molecular weight excluding hydrogens is 402 g/mol. The highest BCUT2D eigenvalue weighted by Crippen LogP contribution is 2.40. The van der Waals surface area contributed by atoms with Crippen molar-refractivity contribution in [1.29, 1.82) is 0 Å². The lowest BCUT2D eigenvalue weighted by Crippen LogP contribution is -2.37. The fourth-order valence-electron chi connectivity index (χ4n) is 4.40. The second kappa shape index (κ2) is 8.73. The van der Waals surface area contributed by atoms with Gasteiger partial charge >= 0.3 is 0 Å². The Kier molecular flexibility index (Phi) is 5.64. The quantitative estimate of drug-likeness (QED) is 0.633. The highest BCUT2D eigenvalue weighted by molar-refractivity contribution is 5.80. The van der Waals surface area contributed by atoms with Gasteiger partial charge in [-0.15, -0.1) is 0 Å². The standard InChI is InChI=1S/C25H29N5O2/c1-3-5-23-26-12-10-24(27-23)32-20-8-9-21-18(14-20)11-13-29(21)25(31)16-19-15-22(17-6-7-17)30(4-2)28-19/h8-15,17-18,21H,3-7,16H2,1-2H3. The molecule has 2 aliphatic carbocycles. The van der Waals surface area contributed by atoms with E-state index in [9.17, 15) is 4.79 Å². The van der Waals surface area contributed by atoms with E-state index in [1.807, 2.05) is 29.3 Å². The van der Waals surface area contributed by atoms with Crippen LogP contribution in [-0.2, 0) is 24.2 Å². The van der Waals surface area contributed by atoms with Gasteiger partial charge in [0.05, 0.1) is 18.2 Å². The first-order chi connectivity index (χ1) is 15.6. The van der Waals surface area contributed by atoms with E-state index in [1.54, 1.807) is 12.3 Å². The van der Waals surface area contributed by atoms with Crippen LogP contribution in [0.5, 0.6) is 5.88 Å². The largest absolute Gasteiger partial charge is 0.439 e. The molecule has 0 radical (unpaired) electrons. The molecule has 7 nitrogen and oxygen atoms in total. The number of rotatable bonds is 8. The Hall–Kier alpha value is -3.22. The normalized spacial score (nSPS) is 21.6.